The van der Waals surface area contributed by atoms with Crippen molar-refractivity contribution in [2.24, 2.45) is 0 Å². The molecule has 2 aliphatic heterocycles. The number of anilines is 1. The predicted octanol–water partition coefficient (Wildman–Crippen LogP) is 2.24. The Morgan fingerprint density at radius 3 is 2.63 bits per heavy atom. The Balaban J connectivity index is 1.68. The smallest absolute Gasteiger partial charge is 0.387 e. The van der Waals surface area contributed by atoms with E-state index in [9.17, 15) is 8.78 Å². The molecular formula is C18H19F2N5O2. The number of benzene rings is 1. The molecule has 2 aromatic rings. The van der Waals surface area contributed by atoms with Gasteiger partial charge in [-0.25, -0.2) is 15.4 Å². The molecular weight excluding hydrogens is 356 g/mol. The quantitative estimate of drug-likeness (QED) is 0.830. The number of halogens is 2. The Bertz CT molecular complexity index is 810. The molecule has 0 bridgehead atoms. The summed E-state index contributed by atoms with van der Waals surface area (Å²) in [5.41, 5.74) is 7.92. The SMILES string of the molecule is FC(F)Oc1cccc(-c2cnc(N3CCOCC3)nc2)c1[C@H]1C=CNN1. The lowest BCUT2D eigenvalue weighted by molar-refractivity contribution is -0.0505. The fourth-order valence-corrected chi connectivity index (χ4v) is 3.20. The van der Waals surface area contributed by atoms with E-state index in [1.165, 1.54) is 6.07 Å². The Labute approximate surface area is 155 Å². The van der Waals surface area contributed by atoms with Gasteiger partial charge in [-0.05, 0) is 17.7 Å². The fraction of sp³-hybridized carbons (Fsp3) is 0.333. The molecule has 27 heavy (non-hydrogen) atoms. The van der Waals surface area contributed by atoms with E-state index < -0.39 is 6.61 Å². The van der Waals surface area contributed by atoms with Crippen molar-refractivity contribution in [2.75, 3.05) is 31.2 Å². The van der Waals surface area contributed by atoms with Crippen LogP contribution in [0.15, 0.2) is 42.9 Å². The van der Waals surface area contributed by atoms with E-state index in [-0.39, 0.29) is 11.8 Å². The van der Waals surface area contributed by atoms with Crippen LogP contribution in [0.25, 0.3) is 11.1 Å². The van der Waals surface area contributed by atoms with E-state index in [1.54, 1.807) is 24.7 Å². The van der Waals surface area contributed by atoms with E-state index >= 15 is 0 Å². The Kier molecular flexibility index (Phi) is 5.12. The highest BCUT2D eigenvalue weighted by Crippen LogP contribution is 2.37. The summed E-state index contributed by atoms with van der Waals surface area (Å²) in [6.07, 6.45) is 6.95. The molecule has 1 fully saturated rings. The highest BCUT2D eigenvalue weighted by Gasteiger charge is 2.23. The van der Waals surface area contributed by atoms with Crippen LogP contribution in [0, 0.1) is 0 Å². The van der Waals surface area contributed by atoms with E-state index in [0.717, 1.165) is 24.2 Å². The third-order valence-corrected chi connectivity index (χ3v) is 4.45. The first kappa shape index (κ1) is 17.6. The number of nitrogens with one attached hydrogen (secondary N) is 2. The molecule has 4 rings (SSSR count). The van der Waals surface area contributed by atoms with Crippen LogP contribution in [0.5, 0.6) is 5.75 Å². The highest BCUT2D eigenvalue weighted by atomic mass is 19.3. The second-order valence-electron chi connectivity index (χ2n) is 6.09. The monoisotopic (exact) mass is 375 g/mol. The number of rotatable bonds is 5. The van der Waals surface area contributed by atoms with Gasteiger partial charge in [0, 0.05) is 42.8 Å². The first-order chi connectivity index (χ1) is 13.2. The number of ether oxygens (including phenoxy) is 2. The van der Waals surface area contributed by atoms with Crippen molar-refractivity contribution in [3.63, 3.8) is 0 Å². The van der Waals surface area contributed by atoms with E-state index in [2.05, 4.69) is 25.7 Å². The number of morpholine rings is 1. The molecule has 0 aliphatic carbocycles. The minimum absolute atomic E-state index is 0.116. The van der Waals surface area contributed by atoms with Gasteiger partial charge in [0.1, 0.15) is 5.75 Å². The lowest BCUT2D eigenvalue weighted by Gasteiger charge is -2.26. The molecule has 1 atom stereocenters. The van der Waals surface area contributed by atoms with Crippen LogP contribution in [0.1, 0.15) is 11.6 Å². The van der Waals surface area contributed by atoms with Crippen LogP contribution >= 0.6 is 0 Å². The predicted molar refractivity (Wildman–Crippen MR) is 95.3 cm³/mol. The third-order valence-electron chi connectivity index (χ3n) is 4.45. The van der Waals surface area contributed by atoms with Gasteiger partial charge in [0.05, 0.1) is 19.3 Å². The first-order valence-corrected chi connectivity index (χ1v) is 8.63. The van der Waals surface area contributed by atoms with Crippen molar-refractivity contribution in [1.29, 1.82) is 0 Å². The normalized spacial score (nSPS) is 19.4. The molecule has 1 aromatic carbocycles. The molecule has 2 aliphatic rings. The maximum absolute atomic E-state index is 12.9. The van der Waals surface area contributed by atoms with Gasteiger partial charge in [0.2, 0.25) is 5.95 Å². The lowest BCUT2D eigenvalue weighted by Crippen LogP contribution is -2.37. The molecule has 0 unspecified atom stereocenters. The first-order valence-electron chi connectivity index (χ1n) is 8.63. The Hall–Kier alpha value is -2.78. The zero-order valence-corrected chi connectivity index (χ0v) is 14.4. The minimum atomic E-state index is -2.91. The topological polar surface area (TPSA) is 71.5 Å². The minimum Gasteiger partial charge on any atom is -0.434 e. The van der Waals surface area contributed by atoms with Gasteiger partial charge in [-0.1, -0.05) is 12.1 Å². The Morgan fingerprint density at radius 1 is 1.19 bits per heavy atom. The average Bonchev–Trinajstić information content (AvgIpc) is 3.23. The zero-order chi connectivity index (χ0) is 18.6. The average molecular weight is 375 g/mol. The molecule has 0 amide bonds. The summed E-state index contributed by atoms with van der Waals surface area (Å²) in [6.45, 7) is -0.128. The summed E-state index contributed by atoms with van der Waals surface area (Å²) in [7, 11) is 0. The molecule has 0 radical (unpaired) electrons. The maximum atomic E-state index is 12.9. The zero-order valence-electron chi connectivity index (χ0n) is 14.4. The van der Waals surface area contributed by atoms with Crippen LogP contribution < -0.4 is 20.5 Å². The van der Waals surface area contributed by atoms with Crippen molar-refractivity contribution in [2.45, 2.75) is 12.7 Å². The lowest BCUT2D eigenvalue weighted by atomic mass is 9.96. The van der Waals surface area contributed by atoms with Gasteiger partial charge in [0.15, 0.2) is 0 Å². The van der Waals surface area contributed by atoms with Crippen molar-refractivity contribution >= 4 is 5.95 Å². The summed E-state index contributed by atoms with van der Waals surface area (Å²) in [4.78, 5) is 11.0. The van der Waals surface area contributed by atoms with Crippen molar-refractivity contribution in [1.82, 2.24) is 20.8 Å². The summed E-state index contributed by atoms with van der Waals surface area (Å²) in [5.74, 6) is 0.745. The molecule has 2 N–H and O–H groups in total. The molecule has 3 heterocycles. The molecule has 0 saturated carbocycles. The molecule has 142 valence electrons. The van der Waals surface area contributed by atoms with Gasteiger partial charge in [-0.3, -0.25) is 0 Å². The number of hydrazine groups is 1. The second kappa shape index (κ2) is 7.85. The van der Waals surface area contributed by atoms with Gasteiger partial charge in [-0.2, -0.15) is 8.78 Å². The standard InChI is InChI=1S/C18H19F2N5O2/c19-17(20)27-15-3-1-2-13(16(15)14-4-5-23-24-14)12-10-21-18(22-11-12)25-6-8-26-9-7-25/h1-5,10-11,14,17,23-24H,6-9H2/t14-/m1/s1. The Morgan fingerprint density at radius 2 is 1.96 bits per heavy atom. The summed E-state index contributed by atoms with van der Waals surface area (Å²) in [6, 6.07) is 4.74. The number of hydrogen-bond acceptors (Lipinski definition) is 7. The van der Waals surface area contributed by atoms with Crippen LogP contribution in [0.2, 0.25) is 0 Å². The third kappa shape index (κ3) is 3.83. The molecule has 9 heteroatoms. The summed E-state index contributed by atoms with van der Waals surface area (Å²) < 4.78 is 35.8. The second-order valence-corrected chi connectivity index (χ2v) is 6.09. The van der Waals surface area contributed by atoms with Gasteiger partial charge in [0.25, 0.3) is 0 Å². The summed E-state index contributed by atoms with van der Waals surface area (Å²) >= 11 is 0. The van der Waals surface area contributed by atoms with Crippen molar-refractivity contribution < 1.29 is 18.3 Å². The number of hydrogen-bond donors (Lipinski definition) is 2. The van der Waals surface area contributed by atoms with Gasteiger partial charge >= 0.3 is 6.61 Å². The molecule has 0 spiro atoms. The van der Waals surface area contributed by atoms with Gasteiger partial charge < -0.3 is 19.8 Å². The number of aromatic nitrogens is 2. The largest absolute Gasteiger partial charge is 0.434 e. The van der Waals surface area contributed by atoms with Crippen LogP contribution in [-0.2, 0) is 4.74 Å². The maximum Gasteiger partial charge on any atom is 0.387 e. The van der Waals surface area contributed by atoms with E-state index in [4.69, 9.17) is 9.47 Å². The van der Waals surface area contributed by atoms with Crippen molar-refractivity contribution in [3.8, 4) is 16.9 Å². The highest BCUT2D eigenvalue weighted by molar-refractivity contribution is 5.70. The fourth-order valence-electron chi connectivity index (χ4n) is 3.20. The van der Waals surface area contributed by atoms with Gasteiger partial charge in [-0.15, -0.1) is 0 Å². The molecule has 7 nitrogen and oxygen atoms in total. The van der Waals surface area contributed by atoms with Crippen LogP contribution in [0.4, 0.5) is 14.7 Å². The molecule has 1 aromatic heterocycles. The number of alkyl halides is 2. The van der Waals surface area contributed by atoms with Crippen molar-refractivity contribution in [3.05, 3.63) is 48.4 Å². The number of nitrogens with zero attached hydrogens (tertiary/aromatic N) is 3. The summed E-state index contributed by atoms with van der Waals surface area (Å²) in [5, 5.41) is 0. The van der Waals surface area contributed by atoms with E-state index in [1.807, 2.05) is 12.1 Å². The van der Waals surface area contributed by atoms with E-state index in [0.29, 0.717) is 24.7 Å². The molecule has 1 saturated heterocycles. The van der Waals surface area contributed by atoms with Crippen LogP contribution in [0.3, 0.4) is 0 Å². The van der Waals surface area contributed by atoms with Crippen LogP contribution in [-0.4, -0.2) is 42.9 Å².